The molecule has 1 aromatic heterocycles. The van der Waals surface area contributed by atoms with Crippen LogP contribution in [0, 0.1) is 13.8 Å². The topological polar surface area (TPSA) is 71.3 Å². The van der Waals surface area contributed by atoms with Crippen molar-refractivity contribution in [2.75, 3.05) is 10.6 Å². The van der Waals surface area contributed by atoms with E-state index in [0.29, 0.717) is 16.3 Å². The SMILES string of the molecule is Cc1cccc(NC(=O)c2ccc(Cl)c(NC(=O)c3ccco3)c2)c1C. The van der Waals surface area contributed by atoms with E-state index in [1.54, 1.807) is 24.3 Å². The van der Waals surface area contributed by atoms with Crippen LogP contribution in [0.3, 0.4) is 0 Å². The van der Waals surface area contributed by atoms with Crippen LogP contribution in [0.2, 0.25) is 5.02 Å². The van der Waals surface area contributed by atoms with E-state index < -0.39 is 5.91 Å². The number of amides is 2. The van der Waals surface area contributed by atoms with Crippen LogP contribution in [-0.4, -0.2) is 11.8 Å². The van der Waals surface area contributed by atoms with Gasteiger partial charge in [0.25, 0.3) is 11.8 Å². The first-order chi connectivity index (χ1) is 12.5. The van der Waals surface area contributed by atoms with Crippen LogP contribution in [0.4, 0.5) is 11.4 Å². The fourth-order valence-corrected chi connectivity index (χ4v) is 2.60. The smallest absolute Gasteiger partial charge is 0.291 e. The van der Waals surface area contributed by atoms with Crippen molar-refractivity contribution in [3.05, 3.63) is 82.3 Å². The van der Waals surface area contributed by atoms with Crippen LogP contribution in [0.25, 0.3) is 0 Å². The maximum atomic E-state index is 12.6. The van der Waals surface area contributed by atoms with Gasteiger partial charge in [0.05, 0.1) is 17.0 Å². The monoisotopic (exact) mass is 368 g/mol. The highest BCUT2D eigenvalue weighted by Gasteiger charge is 2.14. The Morgan fingerprint density at radius 3 is 2.42 bits per heavy atom. The van der Waals surface area contributed by atoms with Crippen LogP contribution in [0.15, 0.2) is 59.2 Å². The molecule has 0 aliphatic heterocycles. The van der Waals surface area contributed by atoms with Gasteiger partial charge in [-0.15, -0.1) is 0 Å². The average Bonchev–Trinajstić information content (AvgIpc) is 3.15. The van der Waals surface area contributed by atoms with E-state index in [2.05, 4.69) is 10.6 Å². The number of furan rings is 1. The number of nitrogens with one attached hydrogen (secondary N) is 2. The summed E-state index contributed by atoms with van der Waals surface area (Å²) in [5, 5.41) is 5.86. The van der Waals surface area contributed by atoms with Crippen molar-refractivity contribution >= 4 is 34.8 Å². The molecule has 2 amide bonds. The molecule has 2 aromatic carbocycles. The summed E-state index contributed by atoms with van der Waals surface area (Å²) in [5.74, 6) is -0.570. The van der Waals surface area contributed by atoms with Crippen molar-refractivity contribution in [3.63, 3.8) is 0 Å². The van der Waals surface area contributed by atoms with Gasteiger partial charge in [-0.2, -0.15) is 0 Å². The highest BCUT2D eigenvalue weighted by Crippen LogP contribution is 2.25. The van der Waals surface area contributed by atoms with E-state index in [4.69, 9.17) is 16.0 Å². The van der Waals surface area contributed by atoms with Gasteiger partial charge in [-0.3, -0.25) is 9.59 Å². The van der Waals surface area contributed by atoms with E-state index in [1.165, 1.54) is 12.3 Å². The molecular formula is C20H17ClN2O3. The van der Waals surface area contributed by atoms with Crippen LogP contribution in [0.5, 0.6) is 0 Å². The summed E-state index contributed by atoms with van der Waals surface area (Å²) in [6.45, 7) is 3.93. The maximum Gasteiger partial charge on any atom is 0.291 e. The zero-order valence-electron chi connectivity index (χ0n) is 14.3. The summed E-state index contributed by atoms with van der Waals surface area (Å²) < 4.78 is 5.05. The molecule has 3 aromatic rings. The number of aryl methyl sites for hydroxylation is 1. The second-order valence-electron chi connectivity index (χ2n) is 5.83. The molecule has 0 unspecified atom stereocenters. The number of carbonyl (C=O) groups excluding carboxylic acids is 2. The Bertz CT molecular complexity index is 965. The number of carbonyl (C=O) groups is 2. The molecule has 6 heteroatoms. The molecule has 0 fully saturated rings. The van der Waals surface area contributed by atoms with Crippen molar-refractivity contribution in [2.45, 2.75) is 13.8 Å². The van der Waals surface area contributed by atoms with Gasteiger partial charge >= 0.3 is 0 Å². The Balaban J connectivity index is 1.81. The molecule has 3 rings (SSSR count). The number of halogens is 1. The molecule has 0 radical (unpaired) electrons. The molecule has 1 heterocycles. The molecule has 26 heavy (non-hydrogen) atoms. The Labute approximate surface area is 156 Å². The summed E-state index contributed by atoms with van der Waals surface area (Å²) in [6.07, 6.45) is 1.41. The fourth-order valence-electron chi connectivity index (χ4n) is 2.43. The Morgan fingerprint density at radius 2 is 1.69 bits per heavy atom. The number of anilines is 2. The molecule has 0 aliphatic carbocycles. The molecular weight excluding hydrogens is 352 g/mol. The number of hydrogen-bond donors (Lipinski definition) is 2. The largest absolute Gasteiger partial charge is 0.459 e. The first-order valence-electron chi connectivity index (χ1n) is 7.97. The van der Waals surface area contributed by atoms with Gasteiger partial charge in [-0.1, -0.05) is 23.7 Å². The lowest BCUT2D eigenvalue weighted by Crippen LogP contribution is -2.15. The van der Waals surface area contributed by atoms with Gasteiger partial charge in [-0.25, -0.2) is 0 Å². The van der Waals surface area contributed by atoms with E-state index in [9.17, 15) is 9.59 Å². The summed E-state index contributed by atoms with van der Waals surface area (Å²) in [5.41, 5.74) is 3.55. The van der Waals surface area contributed by atoms with Gasteiger partial charge in [0.1, 0.15) is 0 Å². The predicted molar refractivity (Wildman–Crippen MR) is 102 cm³/mol. The van der Waals surface area contributed by atoms with Crippen molar-refractivity contribution in [3.8, 4) is 0 Å². The minimum atomic E-state index is -0.441. The van der Waals surface area contributed by atoms with Crippen LogP contribution in [-0.2, 0) is 0 Å². The first kappa shape index (κ1) is 17.8. The lowest BCUT2D eigenvalue weighted by Gasteiger charge is -2.12. The number of hydrogen-bond acceptors (Lipinski definition) is 3. The lowest BCUT2D eigenvalue weighted by molar-refractivity contribution is 0.0993. The third kappa shape index (κ3) is 3.78. The highest BCUT2D eigenvalue weighted by atomic mass is 35.5. The number of benzene rings is 2. The van der Waals surface area contributed by atoms with Crippen molar-refractivity contribution < 1.29 is 14.0 Å². The Hall–Kier alpha value is -3.05. The zero-order valence-corrected chi connectivity index (χ0v) is 15.1. The third-order valence-corrected chi connectivity index (χ3v) is 4.40. The summed E-state index contributed by atoms with van der Waals surface area (Å²) >= 11 is 6.14. The maximum absolute atomic E-state index is 12.6. The fraction of sp³-hybridized carbons (Fsp3) is 0.100. The Morgan fingerprint density at radius 1 is 0.923 bits per heavy atom. The minimum Gasteiger partial charge on any atom is -0.459 e. The predicted octanol–water partition coefficient (Wildman–Crippen LogP) is 5.05. The van der Waals surface area contributed by atoms with Crippen LogP contribution in [0.1, 0.15) is 32.0 Å². The molecule has 5 nitrogen and oxygen atoms in total. The van der Waals surface area contributed by atoms with E-state index >= 15 is 0 Å². The van der Waals surface area contributed by atoms with Crippen molar-refractivity contribution in [1.82, 2.24) is 0 Å². The van der Waals surface area contributed by atoms with Gasteiger partial charge < -0.3 is 15.1 Å². The molecule has 0 spiro atoms. The summed E-state index contributed by atoms with van der Waals surface area (Å²) in [7, 11) is 0. The van der Waals surface area contributed by atoms with E-state index in [0.717, 1.165) is 16.8 Å². The standard InChI is InChI=1S/C20H17ClN2O3/c1-12-5-3-6-16(13(12)2)22-19(24)14-8-9-15(21)17(11-14)23-20(25)18-7-4-10-26-18/h3-11H,1-2H3,(H,22,24)(H,23,25). The second kappa shape index (κ2) is 7.45. The second-order valence-corrected chi connectivity index (χ2v) is 6.23. The molecule has 132 valence electrons. The normalized spacial score (nSPS) is 10.4. The van der Waals surface area contributed by atoms with Crippen molar-refractivity contribution in [2.24, 2.45) is 0 Å². The number of rotatable bonds is 4. The molecule has 2 N–H and O–H groups in total. The molecule has 0 bridgehead atoms. The van der Waals surface area contributed by atoms with E-state index in [1.807, 2.05) is 32.0 Å². The summed E-state index contributed by atoms with van der Waals surface area (Å²) in [6, 6.07) is 13.6. The van der Waals surface area contributed by atoms with Gasteiger partial charge in [0, 0.05) is 11.3 Å². The van der Waals surface area contributed by atoms with E-state index in [-0.39, 0.29) is 11.7 Å². The molecule has 0 saturated carbocycles. The van der Waals surface area contributed by atoms with Crippen molar-refractivity contribution in [1.29, 1.82) is 0 Å². The third-order valence-electron chi connectivity index (χ3n) is 4.07. The molecule has 0 aliphatic rings. The van der Waals surface area contributed by atoms with Gasteiger partial charge in [0.15, 0.2) is 5.76 Å². The lowest BCUT2D eigenvalue weighted by atomic mass is 10.1. The van der Waals surface area contributed by atoms with Crippen LogP contribution >= 0.6 is 11.6 Å². The minimum absolute atomic E-state index is 0.159. The molecule has 0 saturated heterocycles. The molecule has 0 atom stereocenters. The van der Waals surface area contributed by atoms with Crippen LogP contribution < -0.4 is 10.6 Å². The highest BCUT2D eigenvalue weighted by molar-refractivity contribution is 6.34. The average molecular weight is 369 g/mol. The zero-order chi connectivity index (χ0) is 18.7. The van der Waals surface area contributed by atoms with Gasteiger partial charge in [-0.05, 0) is 61.4 Å². The first-order valence-corrected chi connectivity index (χ1v) is 8.35. The summed E-state index contributed by atoms with van der Waals surface area (Å²) in [4.78, 5) is 24.7. The Kier molecular flexibility index (Phi) is 5.09. The quantitative estimate of drug-likeness (QED) is 0.676. The van der Waals surface area contributed by atoms with Gasteiger partial charge in [0.2, 0.25) is 0 Å².